The van der Waals surface area contributed by atoms with Gasteiger partial charge in [-0.1, -0.05) is 38.1 Å². The van der Waals surface area contributed by atoms with Crippen molar-refractivity contribution in [2.24, 2.45) is 0 Å². The number of aromatic amines is 1. The maximum absolute atomic E-state index is 10.3. The van der Waals surface area contributed by atoms with E-state index in [9.17, 15) is 5.11 Å². The van der Waals surface area contributed by atoms with Gasteiger partial charge < -0.3 is 5.11 Å². The summed E-state index contributed by atoms with van der Waals surface area (Å²) in [6.45, 7) is 6.39. The van der Waals surface area contributed by atoms with Crippen molar-refractivity contribution in [2.75, 3.05) is 0 Å². The van der Waals surface area contributed by atoms with E-state index in [1.807, 2.05) is 6.92 Å². The number of benzene rings is 1. The maximum atomic E-state index is 10.3. The molecule has 0 saturated carbocycles. The summed E-state index contributed by atoms with van der Waals surface area (Å²) in [7, 11) is 0. The fourth-order valence-corrected chi connectivity index (χ4v) is 3.20. The monoisotopic (exact) mass is 270 g/mol. The van der Waals surface area contributed by atoms with Crippen molar-refractivity contribution in [3.8, 4) is 0 Å². The van der Waals surface area contributed by atoms with Gasteiger partial charge in [0.15, 0.2) is 0 Å². The molecule has 1 aromatic carbocycles. The molecule has 1 aromatic heterocycles. The third-order valence-electron chi connectivity index (χ3n) is 4.43. The van der Waals surface area contributed by atoms with Crippen molar-refractivity contribution in [2.45, 2.75) is 51.6 Å². The lowest BCUT2D eigenvalue weighted by Crippen LogP contribution is -2.17. The SMILES string of the molecule is Cc1[nH]nc2c1C(O)CC(c1ccc(C(C)C)cc1)C2. The van der Waals surface area contributed by atoms with Crippen molar-refractivity contribution in [3.63, 3.8) is 0 Å². The second-order valence-electron chi connectivity index (χ2n) is 6.18. The Labute approximate surface area is 120 Å². The molecule has 2 aromatic rings. The summed E-state index contributed by atoms with van der Waals surface area (Å²) in [6.07, 6.45) is 1.30. The minimum atomic E-state index is -0.396. The van der Waals surface area contributed by atoms with Crippen LogP contribution in [0, 0.1) is 6.92 Å². The summed E-state index contributed by atoms with van der Waals surface area (Å²) in [6, 6.07) is 8.82. The van der Waals surface area contributed by atoms with E-state index in [1.165, 1.54) is 11.1 Å². The molecule has 0 bridgehead atoms. The van der Waals surface area contributed by atoms with Gasteiger partial charge in [-0.3, -0.25) is 5.10 Å². The normalized spacial score (nSPS) is 22.1. The largest absolute Gasteiger partial charge is 0.388 e. The highest BCUT2D eigenvalue weighted by Crippen LogP contribution is 2.39. The van der Waals surface area contributed by atoms with Crippen LogP contribution in [0.4, 0.5) is 0 Å². The average molecular weight is 270 g/mol. The van der Waals surface area contributed by atoms with E-state index < -0.39 is 6.10 Å². The summed E-state index contributed by atoms with van der Waals surface area (Å²) in [5.41, 5.74) is 5.71. The van der Waals surface area contributed by atoms with Crippen molar-refractivity contribution in [1.82, 2.24) is 10.2 Å². The third-order valence-corrected chi connectivity index (χ3v) is 4.43. The molecule has 2 N–H and O–H groups in total. The average Bonchev–Trinajstić information content (AvgIpc) is 2.81. The van der Waals surface area contributed by atoms with Crippen LogP contribution in [-0.4, -0.2) is 15.3 Å². The van der Waals surface area contributed by atoms with Crippen molar-refractivity contribution < 1.29 is 5.11 Å². The molecule has 0 saturated heterocycles. The minimum Gasteiger partial charge on any atom is -0.388 e. The zero-order valence-corrected chi connectivity index (χ0v) is 12.4. The Kier molecular flexibility index (Phi) is 3.38. The highest BCUT2D eigenvalue weighted by Gasteiger charge is 2.30. The van der Waals surface area contributed by atoms with Crippen LogP contribution in [-0.2, 0) is 6.42 Å². The highest BCUT2D eigenvalue weighted by molar-refractivity contribution is 5.35. The first-order valence-electron chi connectivity index (χ1n) is 7.38. The van der Waals surface area contributed by atoms with Gasteiger partial charge >= 0.3 is 0 Å². The van der Waals surface area contributed by atoms with Gasteiger partial charge in [-0.2, -0.15) is 5.10 Å². The summed E-state index contributed by atoms with van der Waals surface area (Å²) in [4.78, 5) is 0. The van der Waals surface area contributed by atoms with Crippen LogP contribution in [0.3, 0.4) is 0 Å². The first-order valence-corrected chi connectivity index (χ1v) is 7.38. The third kappa shape index (κ3) is 2.27. The van der Waals surface area contributed by atoms with Crippen molar-refractivity contribution in [1.29, 1.82) is 0 Å². The number of nitrogens with zero attached hydrogens (tertiary/aromatic N) is 1. The summed E-state index contributed by atoms with van der Waals surface area (Å²) >= 11 is 0. The fourth-order valence-electron chi connectivity index (χ4n) is 3.20. The van der Waals surface area contributed by atoms with E-state index in [0.717, 1.165) is 29.8 Å². The van der Waals surface area contributed by atoms with Gasteiger partial charge in [-0.25, -0.2) is 0 Å². The van der Waals surface area contributed by atoms with E-state index in [2.05, 4.69) is 48.3 Å². The molecule has 0 fully saturated rings. The minimum absolute atomic E-state index is 0.362. The molecular formula is C17H22N2O. The number of rotatable bonds is 2. The highest BCUT2D eigenvalue weighted by atomic mass is 16.3. The Balaban J connectivity index is 1.86. The van der Waals surface area contributed by atoms with Crippen LogP contribution in [0.1, 0.15) is 66.3 Å². The summed E-state index contributed by atoms with van der Waals surface area (Å²) in [5, 5.41) is 17.7. The van der Waals surface area contributed by atoms with E-state index >= 15 is 0 Å². The fraction of sp³-hybridized carbons (Fsp3) is 0.471. The number of hydrogen-bond donors (Lipinski definition) is 2. The molecule has 2 unspecified atom stereocenters. The van der Waals surface area contributed by atoms with Crippen LogP contribution in [0.25, 0.3) is 0 Å². The molecule has 0 spiro atoms. The molecule has 0 aliphatic heterocycles. The zero-order valence-electron chi connectivity index (χ0n) is 12.4. The van der Waals surface area contributed by atoms with E-state index in [1.54, 1.807) is 0 Å². The second kappa shape index (κ2) is 5.06. The molecule has 3 heteroatoms. The Morgan fingerprint density at radius 3 is 2.60 bits per heavy atom. The number of nitrogens with one attached hydrogen (secondary N) is 1. The van der Waals surface area contributed by atoms with Gasteiger partial charge in [0, 0.05) is 11.3 Å². The molecule has 2 atom stereocenters. The number of aromatic nitrogens is 2. The van der Waals surface area contributed by atoms with Crippen LogP contribution >= 0.6 is 0 Å². The molecule has 3 rings (SSSR count). The smallest absolute Gasteiger partial charge is 0.0831 e. The van der Waals surface area contributed by atoms with Crippen LogP contribution < -0.4 is 0 Å². The van der Waals surface area contributed by atoms with Crippen molar-refractivity contribution >= 4 is 0 Å². The van der Waals surface area contributed by atoms with E-state index in [0.29, 0.717) is 11.8 Å². The van der Waals surface area contributed by atoms with E-state index in [4.69, 9.17) is 0 Å². The van der Waals surface area contributed by atoms with Crippen LogP contribution in [0.2, 0.25) is 0 Å². The lowest BCUT2D eigenvalue weighted by Gasteiger charge is -2.26. The van der Waals surface area contributed by atoms with Crippen LogP contribution in [0.15, 0.2) is 24.3 Å². The first kappa shape index (κ1) is 13.4. The number of hydrogen-bond acceptors (Lipinski definition) is 2. The van der Waals surface area contributed by atoms with Gasteiger partial charge in [-0.05, 0) is 42.7 Å². The van der Waals surface area contributed by atoms with Crippen LogP contribution in [0.5, 0.6) is 0 Å². The molecule has 106 valence electrons. The number of aryl methyl sites for hydroxylation is 1. The molecule has 0 radical (unpaired) electrons. The first-order chi connectivity index (χ1) is 9.56. The molecule has 0 amide bonds. The quantitative estimate of drug-likeness (QED) is 0.876. The number of aliphatic hydroxyl groups excluding tert-OH is 1. The molecule has 1 aliphatic carbocycles. The standard InChI is InChI=1S/C17H22N2O/c1-10(2)12-4-6-13(7-5-12)14-8-15-17(16(20)9-14)11(3)18-19-15/h4-7,10,14,16,20H,8-9H2,1-3H3,(H,18,19). The van der Waals surface area contributed by atoms with Crippen molar-refractivity contribution in [3.05, 3.63) is 52.3 Å². The number of fused-ring (bicyclic) bond motifs is 1. The Hall–Kier alpha value is -1.61. The number of aliphatic hydroxyl groups is 1. The van der Waals surface area contributed by atoms with Gasteiger partial charge in [0.2, 0.25) is 0 Å². The summed E-state index contributed by atoms with van der Waals surface area (Å²) in [5.74, 6) is 0.919. The number of H-pyrrole nitrogens is 1. The topological polar surface area (TPSA) is 48.9 Å². The summed E-state index contributed by atoms with van der Waals surface area (Å²) < 4.78 is 0. The second-order valence-corrected chi connectivity index (χ2v) is 6.18. The van der Waals surface area contributed by atoms with Gasteiger partial charge in [0.05, 0.1) is 11.8 Å². The lowest BCUT2D eigenvalue weighted by atomic mass is 9.80. The molecule has 20 heavy (non-hydrogen) atoms. The zero-order chi connectivity index (χ0) is 14.3. The lowest BCUT2D eigenvalue weighted by molar-refractivity contribution is 0.147. The Bertz CT molecular complexity index is 598. The van der Waals surface area contributed by atoms with E-state index in [-0.39, 0.29) is 0 Å². The predicted molar refractivity (Wildman–Crippen MR) is 79.9 cm³/mol. The predicted octanol–water partition coefficient (Wildman–Crippen LogP) is 3.60. The van der Waals surface area contributed by atoms with Gasteiger partial charge in [0.25, 0.3) is 0 Å². The molecular weight excluding hydrogens is 248 g/mol. The van der Waals surface area contributed by atoms with Gasteiger partial charge in [0.1, 0.15) is 0 Å². The maximum Gasteiger partial charge on any atom is 0.0831 e. The molecule has 1 aliphatic rings. The Morgan fingerprint density at radius 2 is 1.95 bits per heavy atom. The Morgan fingerprint density at radius 1 is 1.25 bits per heavy atom. The molecule has 3 nitrogen and oxygen atoms in total. The van der Waals surface area contributed by atoms with Gasteiger partial charge in [-0.15, -0.1) is 0 Å². The molecule has 1 heterocycles.